The molecule has 2 aromatic carbocycles. The molecule has 1 heterocycles. The van der Waals surface area contributed by atoms with Crippen molar-refractivity contribution in [1.29, 1.82) is 0 Å². The molecule has 0 amide bonds. The fourth-order valence-electron chi connectivity index (χ4n) is 7.10. The van der Waals surface area contributed by atoms with Gasteiger partial charge in [-0.2, -0.15) is 0 Å². The zero-order valence-electron chi connectivity index (χ0n) is 25.2. The molecule has 2 aromatic rings. The molecule has 8 heteroatoms. The zero-order chi connectivity index (χ0) is 31.1. The maximum Gasteiger partial charge on any atom is 0.338 e. The molecule has 8 nitrogen and oxygen atoms in total. The zero-order valence-corrected chi connectivity index (χ0v) is 25.2. The molecule has 9 atom stereocenters. The number of hydrogen-bond donors (Lipinski definition) is 3. The van der Waals surface area contributed by atoms with Crippen LogP contribution in [-0.2, 0) is 25.4 Å². The highest BCUT2D eigenvalue weighted by Crippen LogP contribution is 2.59. The lowest BCUT2D eigenvalue weighted by atomic mass is 9.67. The van der Waals surface area contributed by atoms with E-state index in [1.807, 2.05) is 64.1 Å². The van der Waals surface area contributed by atoms with Crippen LogP contribution in [0.3, 0.4) is 0 Å². The second-order valence-corrected chi connectivity index (χ2v) is 12.9. The van der Waals surface area contributed by atoms with Gasteiger partial charge in [-0.3, -0.25) is 4.79 Å². The Kier molecular flexibility index (Phi) is 8.69. The molecule has 0 aromatic heterocycles. The van der Waals surface area contributed by atoms with Crippen molar-refractivity contribution in [3.05, 3.63) is 95.1 Å². The molecule has 3 fully saturated rings. The number of ether oxygens (including phenoxy) is 3. The van der Waals surface area contributed by atoms with Gasteiger partial charge < -0.3 is 29.5 Å². The lowest BCUT2D eigenvalue weighted by Crippen LogP contribution is -2.51. The molecule has 5 rings (SSSR count). The first-order valence-corrected chi connectivity index (χ1v) is 14.9. The first-order valence-electron chi connectivity index (χ1n) is 14.9. The van der Waals surface area contributed by atoms with Crippen LogP contribution in [0.15, 0.2) is 84.0 Å². The van der Waals surface area contributed by atoms with Crippen molar-refractivity contribution >= 4 is 11.9 Å². The summed E-state index contributed by atoms with van der Waals surface area (Å²) in [5.41, 5.74) is 0.998. The van der Waals surface area contributed by atoms with Crippen LogP contribution >= 0.6 is 0 Å². The third-order valence-electron chi connectivity index (χ3n) is 9.56. The van der Waals surface area contributed by atoms with Gasteiger partial charge in [-0.05, 0) is 68.9 Å². The Hall–Kier alpha value is -3.30. The fraction of sp³-hybridized carbons (Fsp3) is 0.486. The molecule has 0 radical (unpaired) electrons. The van der Waals surface area contributed by atoms with Crippen molar-refractivity contribution in [1.82, 2.24) is 0 Å². The number of rotatable bonds is 5. The SMILES string of the molecule is C=C1[C@@H](O)CC[C@]2(C)O[C@H]2C(OC(=O)Cc2ccccc2)[C@@]2(C)C[C@@H](OC(=O)c3ccccc3)C(=C(C)C)[C@@H]2[C@H](O)[C@H]1O. The molecule has 1 unspecified atom stereocenters. The van der Waals surface area contributed by atoms with Gasteiger partial charge in [0.1, 0.15) is 24.4 Å². The quantitative estimate of drug-likeness (QED) is 0.267. The first-order chi connectivity index (χ1) is 20.4. The normalized spacial score (nSPS) is 35.7. The van der Waals surface area contributed by atoms with E-state index in [9.17, 15) is 24.9 Å². The van der Waals surface area contributed by atoms with Crippen LogP contribution in [0.4, 0.5) is 0 Å². The van der Waals surface area contributed by atoms with Gasteiger partial charge in [0.05, 0.1) is 29.8 Å². The van der Waals surface area contributed by atoms with Gasteiger partial charge in [0.15, 0.2) is 0 Å². The third-order valence-corrected chi connectivity index (χ3v) is 9.56. The van der Waals surface area contributed by atoms with Crippen molar-refractivity contribution in [2.75, 3.05) is 0 Å². The van der Waals surface area contributed by atoms with Crippen LogP contribution in [-0.4, -0.2) is 69.5 Å². The van der Waals surface area contributed by atoms with E-state index in [2.05, 4.69) is 6.58 Å². The number of aliphatic hydroxyl groups is 3. The van der Waals surface area contributed by atoms with Gasteiger partial charge in [0, 0.05) is 11.3 Å². The molecule has 0 spiro atoms. The molecule has 2 aliphatic carbocycles. The van der Waals surface area contributed by atoms with Gasteiger partial charge in [-0.25, -0.2) is 4.79 Å². The third kappa shape index (κ3) is 6.07. The number of allylic oxidation sites excluding steroid dienone is 1. The van der Waals surface area contributed by atoms with E-state index in [0.717, 1.165) is 11.1 Å². The summed E-state index contributed by atoms with van der Waals surface area (Å²) in [6.07, 6.45) is -5.18. The first kappa shape index (κ1) is 31.1. The summed E-state index contributed by atoms with van der Waals surface area (Å²) in [6.45, 7) is 11.5. The molecule has 3 N–H and O–H groups in total. The van der Waals surface area contributed by atoms with Crippen LogP contribution in [0.25, 0.3) is 0 Å². The molecule has 3 aliphatic rings. The minimum absolute atomic E-state index is 0.0458. The number of aliphatic hydroxyl groups excluding tert-OH is 3. The van der Waals surface area contributed by atoms with Gasteiger partial charge in [0.2, 0.25) is 0 Å². The van der Waals surface area contributed by atoms with Crippen LogP contribution in [0.5, 0.6) is 0 Å². The molecule has 0 bridgehead atoms. The van der Waals surface area contributed by atoms with E-state index in [0.29, 0.717) is 17.6 Å². The minimum atomic E-state index is -1.47. The highest BCUT2D eigenvalue weighted by atomic mass is 16.6. The number of hydrogen-bond acceptors (Lipinski definition) is 8. The Morgan fingerprint density at radius 3 is 2.23 bits per heavy atom. The Morgan fingerprint density at radius 1 is 0.977 bits per heavy atom. The molecule has 230 valence electrons. The summed E-state index contributed by atoms with van der Waals surface area (Å²) >= 11 is 0. The molecule has 2 saturated carbocycles. The van der Waals surface area contributed by atoms with Crippen molar-refractivity contribution in [3.8, 4) is 0 Å². The number of carbonyl (C=O) groups excluding carboxylic acids is 2. The van der Waals surface area contributed by atoms with E-state index >= 15 is 0 Å². The topological polar surface area (TPSA) is 126 Å². The number of carbonyl (C=O) groups is 2. The Balaban J connectivity index is 1.58. The summed E-state index contributed by atoms with van der Waals surface area (Å²) in [7, 11) is 0. The van der Waals surface area contributed by atoms with Crippen molar-refractivity contribution in [3.63, 3.8) is 0 Å². The lowest BCUT2D eigenvalue weighted by molar-refractivity contribution is -0.162. The average Bonchev–Trinajstić information content (AvgIpc) is 3.56. The number of esters is 2. The summed E-state index contributed by atoms with van der Waals surface area (Å²) in [4.78, 5) is 26.8. The van der Waals surface area contributed by atoms with E-state index in [4.69, 9.17) is 14.2 Å². The van der Waals surface area contributed by atoms with Crippen LogP contribution in [0.1, 0.15) is 62.9 Å². The van der Waals surface area contributed by atoms with Crippen molar-refractivity contribution < 1.29 is 39.1 Å². The van der Waals surface area contributed by atoms with Crippen molar-refractivity contribution in [2.45, 2.75) is 95.6 Å². The van der Waals surface area contributed by atoms with Crippen molar-refractivity contribution in [2.24, 2.45) is 11.3 Å². The van der Waals surface area contributed by atoms with Crippen LogP contribution in [0, 0.1) is 11.3 Å². The Morgan fingerprint density at radius 2 is 1.60 bits per heavy atom. The number of fused-ring (bicyclic) bond motifs is 2. The maximum absolute atomic E-state index is 13.5. The molecular formula is C35H42O8. The predicted octanol–water partition coefficient (Wildman–Crippen LogP) is 4.32. The van der Waals surface area contributed by atoms with Gasteiger partial charge >= 0.3 is 11.9 Å². The molecule has 1 aliphatic heterocycles. The molecule has 1 saturated heterocycles. The van der Waals surface area contributed by atoms with Gasteiger partial charge in [-0.1, -0.05) is 67.6 Å². The van der Waals surface area contributed by atoms with Gasteiger partial charge in [-0.15, -0.1) is 0 Å². The van der Waals surface area contributed by atoms with Crippen LogP contribution in [0.2, 0.25) is 0 Å². The highest BCUT2D eigenvalue weighted by molar-refractivity contribution is 5.89. The summed E-state index contributed by atoms with van der Waals surface area (Å²) < 4.78 is 18.7. The fourth-order valence-corrected chi connectivity index (χ4v) is 7.10. The number of benzene rings is 2. The van der Waals surface area contributed by atoms with E-state index in [-0.39, 0.29) is 24.8 Å². The Bertz CT molecular complexity index is 1380. The molecule has 43 heavy (non-hydrogen) atoms. The average molecular weight is 591 g/mol. The summed E-state index contributed by atoms with van der Waals surface area (Å²) in [5.74, 6) is -1.79. The lowest BCUT2D eigenvalue weighted by Gasteiger charge is -2.42. The molecular weight excluding hydrogens is 548 g/mol. The second-order valence-electron chi connectivity index (χ2n) is 12.9. The largest absolute Gasteiger partial charge is 0.459 e. The van der Waals surface area contributed by atoms with E-state index < -0.39 is 65.5 Å². The predicted molar refractivity (Wildman–Crippen MR) is 160 cm³/mol. The highest BCUT2D eigenvalue weighted by Gasteiger charge is 2.67. The second kappa shape index (κ2) is 12.0. The van der Waals surface area contributed by atoms with E-state index in [1.54, 1.807) is 24.3 Å². The Labute approximate surface area is 253 Å². The smallest absolute Gasteiger partial charge is 0.338 e. The summed E-state index contributed by atoms with van der Waals surface area (Å²) in [5, 5.41) is 34.1. The maximum atomic E-state index is 13.5. The van der Waals surface area contributed by atoms with Crippen LogP contribution < -0.4 is 0 Å². The van der Waals surface area contributed by atoms with E-state index in [1.165, 1.54) is 0 Å². The monoisotopic (exact) mass is 590 g/mol. The standard InChI is InChI=1S/C35H42O8/c1-20(2)27-25(41-33(40)23-14-10-7-11-15-23)19-34(4)28(27)30(39)29(38)21(3)24(36)16-17-35(5)32(43-35)31(34)42-26(37)18-22-12-8-6-9-13-22/h6-15,24-25,28-32,36,38-39H,3,16-19H2,1-2,4-5H3/t24-,25+,28+,29-,30-,31?,32-,34-,35-/m0/s1. The summed E-state index contributed by atoms with van der Waals surface area (Å²) in [6, 6.07) is 17.9. The number of epoxide rings is 1. The minimum Gasteiger partial charge on any atom is -0.459 e. The van der Waals surface area contributed by atoms with Gasteiger partial charge in [0.25, 0.3) is 0 Å².